The molecule has 0 unspecified atom stereocenters. The monoisotopic (exact) mass is 378 g/mol. The Morgan fingerprint density at radius 1 is 1.21 bits per heavy atom. The molecular weight excluding hydrogens is 355 g/mol. The van der Waals surface area contributed by atoms with Gasteiger partial charge in [-0.3, -0.25) is 0 Å². The maximum absolute atomic E-state index is 14.8. The maximum atomic E-state index is 14.8. The first kappa shape index (κ1) is 17.2. The summed E-state index contributed by atoms with van der Waals surface area (Å²) in [5.41, 5.74) is 3.79. The van der Waals surface area contributed by atoms with Crippen LogP contribution < -0.4 is 5.32 Å². The Morgan fingerprint density at radius 3 is 2.75 bits per heavy atom. The minimum atomic E-state index is -0.307. The van der Waals surface area contributed by atoms with Crippen LogP contribution in [0.2, 0.25) is 0 Å². The van der Waals surface area contributed by atoms with Crippen LogP contribution >= 0.6 is 0 Å². The van der Waals surface area contributed by atoms with Gasteiger partial charge in [0.2, 0.25) is 5.95 Å². The van der Waals surface area contributed by atoms with Crippen molar-refractivity contribution in [2.75, 3.05) is 5.32 Å². The van der Waals surface area contributed by atoms with Crippen LogP contribution in [0.25, 0.3) is 27.7 Å². The molecule has 3 heterocycles. The molecule has 1 saturated carbocycles. The topological polar surface area (TPSA) is 60.0 Å². The summed E-state index contributed by atoms with van der Waals surface area (Å²) in [6, 6.07) is 6.20. The van der Waals surface area contributed by atoms with Crippen LogP contribution in [0, 0.1) is 12.7 Å². The molecule has 0 amide bonds. The lowest BCUT2D eigenvalue weighted by Crippen LogP contribution is -2.28. The summed E-state index contributed by atoms with van der Waals surface area (Å²) in [6.07, 6.45) is 7.29. The molecule has 0 bridgehead atoms. The average molecular weight is 378 g/mol. The number of anilines is 1. The van der Waals surface area contributed by atoms with E-state index in [0.717, 1.165) is 28.0 Å². The molecule has 3 aromatic heterocycles. The minimum Gasteiger partial charge on any atom is -0.350 e. The predicted molar refractivity (Wildman–Crippen MR) is 108 cm³/mol. The van der Waals surface area contributed by atoms with Gasteiger partial charge in [0.1, 0.15) is 11.3 Å². The van der Waals surface area contributed by atoms with Crippen molar-refractivity contribution in [3.8, 4) is 11.1 Å². The summed E-state index contributed by atoms with van der Waals surface area (Å²) in [7, 11) is 0. The summed E-state index contributed by atoms with van der Waals surface area (Å²) in [5, 5.41) is 7.92. The fourth-order valence-electron chi connectivity index (χ4n) is 4.02. The van der Waals surface area contributed by atoms with E-state index in [-0.39, 0.29) is 11.9 Å². The molecule has 0 saturated heterocycles. The fraction of sp³-hybridized carbons (Fsp3) is 0.381. The number of nitrogens with zero attached hydrogens (tertiary/aromatic N) is 5. The number of aromatic nitrogens is 5. The fourth-order valence-corrected chi connectivity index (χ4v) is 4.02. The van der Waals surface area contributed by atoms with E-state index in [1.54, 1.807) is 16.8 Å². The molecule has 0 atom stereocenters. The van der Waals surface area contributed by atoms with Gasteiger partial charge in [0.05, 0.1) is 17.2 Å². The van der Waals surface area contributed by atoms with E-state index >= 15 is 0 Å². The number of benzene rings is 1. The molecular formula is C21H23FN6. The van der Waals surface area contributed by atoms with Gasteiger partial charge in [-0.05, 0) is 63.8 Å². The van der Waals surface area contributed by atoms with E-state index < -0.39 is 0 Å². The number of nitrogens with one attached hydrogen (secondary N) is 1. The summed E-state index contributed by atoms with van der Waals surface area (Å²) in [6.45, 7) is 6.07. The van der Waals surface area contributed by atoms with Gasteiger partial charge in [-0.2, -0.15) is 0 Å². The van der Waals surface area contributed by atoms with Gasteiger partial charge in [-0.15, -0.1) is 5.10 Å². The molecule has 1 fully saturated rings. The second kappa shape index (κ2) is 6.29. The van der Waals surface area contributed by atoms with Gasteiger partial charge < -0.3 is 9.88 Å². The Morgan fingerprint density at radius 2 is 2.04 bits per heavy atom. The van der Waals surface area contributed by atoms with Crippen LogP contribution in [0.4, 0.5) is 10.3 Å². The van der Waals surface area contributed by atoms with E-state index in [0.29, 0.717) is 17.5 Å². The van der Waals surface area contributed by atoms with Crippen molar-refractivity contribution in [1.82, 2.24) is 24.1 Å². The zero-order chi connectivity index (χ0) is 19.4. The lowest BCUT2D eigenvalue weighted by molar-refractivity contribution is 0.442. The standard InChI is InChI=1S/C21H23FN6/c1-12(2)28-13(3)24-20-17(22)9-14(10-18(20)28)16-7-8-27-19(16)11-23-21(26-27)25-15-5-4-6-15/h7-12,15H,4-6H2,1-3H3,(H,25,26). The van der Waals surface area contributed by atoms with E-state index in [2.05, 4.69) is 38.8 Å². The van der Waals surface area contributed by atoms with Gasteiger partial charge in [-0.25, -0.2) is 18.9 Å². The van der Waals surface area contributed by atoms with Crippen molar-refractivity contribution in [3.05, 3.63) is 42.2 Å². The number of aryl methyl sites for hydroxylation is 1. The quantitative estimate of drug-likeness (QED) is 0.557. The summed E-state index contributed by atoms with van der Waals surface area (Å²) < 4.78 is 18.7. The Labute approximate surface area is 162 Å². The average Bonchev–Trinajstić information content (AvgIpc) is 3.18. The van der Waals surface area contributed by atoms with Gasteiger partial charge in [0.25, 0.3) is 0 Å². The highest BCUT2D eigenvalue weighted by molar-refractivity contribution is 5.88. The first-order valence-corrected chi connectivity index (χ1v) is 9.80. The highest BCUT2D eigenvalue weighted by Crippen LogP contribution is 2.32. The molecule has 0 spiro atoms. The van der Waals surface area contributed by atoms with Crippen molar-refractivity contribution in [2.24, 2.45) is 0 Å². The van der Waals surface area contributed by atoms with Crippen molar-refractivity contribution < 1.29 is 4.39 Å². The molecule has 4 aromatic rings. The van der Waals surface area contributed by atoms with E-state index in [1.165, 1.54) is 19.3 Å². The molecule has 5 rings (SSSR count). The molecule has 1 aliphatic rings. The second-order valence-electron chi connectivity index (χ2n) is 7.86. The highest BCUT2D eigenvalue weighted by Gasteiger charge is 2.19. The van der Waals surface area contributed by atoms with Crippen LogP contribution in [-0.2, 0) is 0 Å². The molecule has 7 heteroatoms. The summed E-state index contributed by atoms with van der Waals surface area (Å²) >= 11 is 0. The number of rotatable bonds is 4. The molecule has 1 N–H and O–H groups in total. The van der Waals surface area contributed by atoms with Crippen molar-refractivity contribution in [1.29, 1.82) is 0 Å². The van der Waals surface area contributed by atoms with Crippen LogP contribution in [-0.4, -0.2) is 30.2 Å². The van der Waals surface area contributed by atoms with Crippen molar-refractivity contribution in [3.63, 3.8) is 0 Å². The van der Waals surface area contributed by atoms with E-state index in [1.807, 2.05) is 25.3 Å². The smallest absolute Gasteiger partial charge is 0.241 e. The normalized spacial score (nSPS) is 14.9. The number of halogens is 1. The summed E-state index contributed by atoms with van der Waals surface area (Å²) in [5.74, 6) is 1.14. The first-order chi connectivity index (χ1) is 13.5. The van der Waals surface area contributed by atoms with Gasteiger partial charge in [0.15, 0.2) is 5.82 Å². The zero-order valence-corrected chi connectivity index (χ0v) is 16.3. The minimum absolute atomic E-state index is 0.203. The van der Waals surface area contributed by atoms with Crippen molar-refractivity contribution in [2.45, 2.75) is 52.1 Å². The van der Waals surface area contributed by atoms with Crippen LogP contribution in [0.3, 0.4) is 0 Å². The Bertz CT molecular complexity index is 1180. The van der Waals surface area contributed by atoms with Crippen molar-refractivity contribution >= 4 is 22.5 Å². The first-order valence-electron chi connectivity index (χ1n) is 9.80. The molecule has 0 aliphatic heterocycles. The third kappa shape index (κ3) is 2.65. The Hall–Kier alpha value is -2.96. The van der Waals surface area contributed by atoms with Gasteiger partial charge in [0, 0.05) is 23.8 Å². The predicted octanol–water partition coefficient (Wildman–Crippen LogP) is 4.74. The van der Waals surface area contributed by atoms with Gasteiger partial charge in [-0.1, -0.05) is 0 Å². The third-order valence-electron chi connectivity index (χ3n) is 5.61. The second-order valence-corrected chi connectivity index (χ2v) is 7.86. The molecule has 1 aromatic carbocycles. The molecule has 1 aliphatic carbocycles. The zero-order valence-electron chi connectivity index (χ0n) is 16.3. The molecule has 0 radical (unpaired) electrons. The van der Waals surface area contributed by atoms with Crippen LogP contribution in [0.1, 0.15) is 45.0 Å². The molecule has 6 nitrogen and oxygen atoms in total. The van der Waals surface area contributed by atoms with Crippen LogP contribution in [0.15, 0.2) is 30.6 Å². The molecule has 28 heavy (non-hydrogen) atoms. The third-order valence-corrected chi connectivity index (χ3v) is 5.61. The SMILES string of the molecule is Cc1nc2c(F)cc(-c3ccn4nc(NC5CCC5)ncc34)cc2n1C(C)C. The maximum Gasteiger partial charge on any atom is 0.241 e. The number of hydrogen-bond acceptors (Lipinski definition) is 4. The highest BCUT2D eigenvalue weighted by atomic mass is 19.1. The number of imidazole rings is 1. The Balaban J connectivity index is 1.61. The van der Waals surface area contributed by atoms with Gasteiger partial charge >= 0.3 is 0 Å². The largest absolute Gasteiger partial charge is 0.350 e. The number of fused-ring (bicyclic) bond motifs is 2. The lowest BCUT2D eigenvalue weighted by Gasteiger charge is -2.26. The lowest BCUT2D eigenvalue weighted by atomic mass is 9.93. The molecule has 144 valence electrons. The number of hydrogen-bond donors (Lipinski definition) is 1. The Kier molecular flexibility index (Phi) is 3.86. The van der Waals surface area contributed by atoms with E-state index in [9.17, 15) is 4.39 Å². The van der Waals surface area contributed by atoms with E-state index in [4.69, 9.17) is 0 Å². The summed E-state index contributed by atoms with van der Waals surface area (Å²) in [4.78, 5) is 8.89. The van der Waals surface area contributed by atoms with Crippen LogP contribution in [0.5, 0.6) is 0 Å².